The Balaban J connectivity index is 1.27. The van der Waals surface area contributed by atoms with Gasteiger partial charge in [-0.15, -0.1) is 11.3 Å². The summed E-state index contributed by atoms with van der Waals surface area (Å²) in [5.74, 6) is 1.26. The van der Waals surface area contributed by atoms with Crippen molar-refractivity contribution in [2.24, 2.45) is 5.92 Å². The molecule has 1 N–H and O–H groups in total. The first-order valence-corrected chi connectivity index (χ1v) is 11.4. The number of hydrogen-bond acceptors (Lipinski definition) is 7. The van der Waals surface area contributed by atoms with Gasteiger partial charge in [-0.25, -0.2) is 9.97 Å². The maximum Gasteiger partial charge on any atom is 0.223 e. The second kappa shape index (κ2) is 9.32. The van der Waals surface area contributed by atoms with Crippen molar-refractivity contribution in [1.29, 1.82) is 0 Å². The van der Waals surface area contributed by atoms with Gasteiger partial charge in [0.05, 0.1) is 22.5 Å². The number of nitrogens with zero attached hydrogens (tertiary/aromatic N) is 5. The van der Waals surface area contributed by atoms with E-state index in [1.807, 2.05) is 12.3 Å². The molecule has 0 bridgehead atoms. The van der Waals surface area contributed by atoms with Crippen molar-refractivity contribution in [1.82, 2.24) is 24.8 Å². The van der Waals surface area contributed by atoms with Crippen LogP contribution < -0.4 is 5.32 Å². The SMILES string of the molecule is c1ccc(CN2CC[C@@H](CNc3ncc(-c4cnccn4)c(-c4cccs4)n3)C2)cc1. The molecule has 31 heavy (non-hydrogen) atoms. The van der Waals surface area contributed by atoms with E-state index in [-0.39, 0.29) is 0 Å². The van der Waals surface area contributed by atoms with Gasteiger partial charge in [0.1, 0.15) is 0 Å². The summed E-state index contributed by atoms with van der Waals surface area (Å²) in [7, 11) is 0. The van der Waals surface area contributed by atoms with E-state index in [9.17, 15) is 0 Å². The van der Waals surface area contributed by atoms with E-state index in [4.69, 9.17) is 4.98 Å². The van der Waals surface area contributed by atoms with E-state index in [1.165, 1.54) is 12.0 Å². The molecule has 0 unspecified atom stereocenters. The molecule has 4 aromatic rings. The Morgan fingerprint density at radius 3 is 2.77 bits per heavy atom. The standard InChI is InChI=1S/C24H24N6S/c1-2-5-18(6-3-1)16-30-11-8-19(17-30)13-27-24-28-14-20(21-15-25-9-10-26-21)23(29-24)22-7-4-12-31-22/h1-7,9-10,12,14-15,19H,8,11,13,16-17H2,(H,27,28,29)/t19-/m0/s1. The third kappa shape index (κ3) is 4.78. The first kappa shape index (κ1) is 19.8. The van der Waals surface area contributed by atoms with Crippen LogP contribution in [0.4, 0.5) is 5.95 Å². The number of aromatic nitrogens is 4. The summed E-state index contributed by atoms with van der Waals surface area (Å²) in [6.07, 6.45) is 8.16. The average molecular weight is 429 g/mol. The minimum atomic E-state index is 0.595. The Labute approximate surface area is 186 Å². The van der Waals surface area contributed by atoms with Gasteiger partial charge in [0, 0.05) is 43.8 Å². The maximum atomic E-state index is 4.85. The van der Waals surface area contributed by atoms with E-state index in [1.54, 1.807) is 29.9 Å². The molecule has 5 rings (SSSR count). The van der Waals surface area contributed by atoms with E-state index < -0.39 is 0 Å². The number of likely N-dealkylation sites (tertiary alicyclic amines) is 1. The van der Waals surface area contributed by atoms with Crippen LogP contribution in [0.2, 0.25) is 0 Å². The lowest BCUT2D eigenvalue weighted by Crippen LogP contribution is -2.23. The average Bonchev–Trinajstić information content (AvgIpc) is 3.51. The van der Waals surface area contributed by atoms with Gasteiger partial charge in [-0.3, -0.25) is 14.9 Å². The van der Waals surface area contributed by atoms with Crippen LogP contribution in [0.25, 0.3) is 21.8 Å². The van der Waals surface area contributed by atoms with E-state index in [2.05, 4.69) is 66.9 Å². The second-order valence-electron chi connectivity index (χ2n) is 7.78. The molecule has 7 heteroatoms. The highest BCUT2D eigenvalue weighted by atomic mass is 32.1. The molecule has 0 aliphatic carbocycles. The number of rotatable bonds is 7. The molecule has 0 radical (unpaired) electrons. The molecule has 1 atom stereocenters. The normalized spacial score (nSPS) is 16.5. The molecule has 0 spiro atoms. The number of thiophene rings is 1. The molecule has 4 heterocycles. The third-order valence-corrected chi connectivity index (χ3v) is 6.43. The van der Waals surface area contributed by atoms with E-state index >= 15 is 0 Å². The number of benzene rings is 1. The van der Waals surface area contributed by atoms with Crippen LogP contribution in [-0.4, -0.2) is 44.5 Å². The fraction of sp³-hybridized carbons (Fsp3) is 0.250. The largest absolute Gasteiger partial charge is 0.354 e. The Kier molecular flexibility index (Phi) is 5.95. The summed E-state index contributed by atoms with van der Waals surface area (Å²) in [5.41, 5.74) is 3.95. The van der Waals surface area contributed by atoms with Gasteiger partial charge in [0.15, 0.2) is 0 Å². The van der Waals surface area contributed by atoms with Gasteiger partial charge in [-0.1, -0.05) is 36.4 Å². The topological polar surface area (TPSA) is 66.8 Å². The molecule has 0 amide bonds. The fourth-order valence-corrected chi connectivity index (χ4v) is 4.72. The van der Waals surface area contributed by atoms with Gasteiger partial charge in [0.25, 0.3) is 0 Å². The monoisotopic (exact) mass is 428 g/mol. The highest BCUT2D eigenvalue weighted by Crippen LogP contribution is 2.32. The lowest BCUT2D eigenvalue weighted by molar-refractivity contribution is 0.319. The summed E-state index contributed by atoms with van der Waals surface area (Å²) in [6.45, 7) is 4.12. The predicted molar refractivity (Wildman–Crippen MR) is 125 cm³/mol. The minimum Gasteiger partial charge on any atom is -0.354 e. The number of nitrogens with one attached hydrogen (secondary N) is 1. The number of hydrogen-bond donors (Lipinski definition) is 1. The smallest absolute Gasteiger partial charge is 0.223 e. The Hall–Kier alpha value is -3.16. The molecule has 3 aromatic heterocycles. The van der Waals surface area contributed by atoms with Crippen LogP contribution in [0.15, 0.2) is 72.6 Å². The first-order chi connectivity index (χ1) is 15.3. The molecule has 1 fully saturated rings. The minimum absolute atomic E-state index is 0.595. The van der Waals surface area contributed by atoms with Crippen molar-refractivity contribution in [2.45, 2.75) is 13.0 Å². The Morgan fingerprint density at radius 2 is 1.97 bits per heavy atom. The van der Waals surface area contributed by atoms with Crippen molar-refractivity contribution in [3.63, 3.8) is 0 Å². The molecular formula is C24H24N6S. The predicted octanol–water partition coefficient (Wildman–Crippen LogP) is 4.60. The number of anilines is 1. The molecule has 1 aromatic carbocycles. The zero-order valence-electron chi connectivity index (χ0n) is 17.2. The van der Waals surface area contributed by atoms with Crippen molar-refractivity contribution >= 4 is 17.3 Å². The lowest BCUT2D eigenvalue weighted by Gasteiger charge is -2.16. The van der Waals surface area contributed by atoms with E-state index in [0.29, 0.717) is 11.9 Å². The maximum absolute atomic E-state index is 4.85. The van der Waals surface area contributed by atoms with Crippen molar-refractivity contribution in [3.8, 4) is 21.8 Å². The molecule has 6 nitrogen and oxygen atoms in total. The van der Waals surface area contributed by atoms with Crippen LogP contribution >= 0.6 is 11.3 Å². The molecule has 0 saturated carbocycles. The zero-order chi connectivity index (χ0) is 20.9. The van der Waals surface area contributed by atoms with Gasteiger partial charge < -0.3 is 5.32 Å². The van der Waals surface area contributed by atoms with Crippen molar-refractivity contribution in [3.05, 3.63) is 78.2 Å². The van der Waals surface area contributed by atoms with Crippen LogP contribution in [0.3, 0.4) is 0 Å². The van der Waals surface area contributed by atoms with Crippen LogP contribution in [0, 0.1) is 5.92 Å². The summed E-state index contributed by atoms with van der Waals surface area (Å²) in [6, 6.07) is 14.8. The fourth-order valence-electron chi connectivity index (χ4n) is 3.99. The third-order valence-electron chi connectivity index (χ3n) is 5.55. The quantitative estimate of drug-likeness (QED) is 0.464. The summed E-state index contributed by atoms with van der Waals surface area (Å²) in [5, 5.41) is 5.53. The van der Waals surface area contributed by atoms with Crippen LogP contribution in [0.1, 0.15) is 12.0 Å². The second-order valence-corrected chi connectivity index (χ2v) is 8.73. The summed E-state index contributed by atoms with van der Waals surface area (Å²) in [4.78, 5) is 21.7. The first-order valence-electron chi connectivity index (χ1n) is 10.5. The summed E-state index contributed by atoms with van der Waals surface area (Å²) >= 11 is 1.67. The summed E-state index contributed by atoms with van der Waals surface area (Å²) < 4.78 is 0. The molecule has 1 aliphatic rings. The molecule has 156 valence electrons. The molecule has 1 aliphatic heterocycles. The Morgan fingerprint density at radius 1 is 1.03 bits per heavy atom. The highest BCUT2D eigenvalue weighted by molar-refractivity contribution is 7.13. The van der Waals surface area contributed by atoms with E-state index in [0.717, 1.165) is 48.0 Å². The van der Waals surface area contributed by atoms with Gasteiger partial charge in [0.2, 0.25) is 5.95 Å². The van der Waals surface area contributed by atoms with Gasteiger partial charge in [-0.05, 0) is 35.9 Å². The lowest BCUT2D eigenvalue weighted by atomic mass is 10.1. The molecular weight excluding hydrogens is 404 g/mol. The van der Waals surface area contributed by atoms with Gasteiger partial charge >= 0.3 is 0 Å². The van der Waals surface area contributed by atoms with Crippen LogP contribution in [-0.2, 0) is 6.54 Å². The van der Waals surface area contributed by atoms with Crippen molar-refractivity contribution in [2.75, 3.05) is 25.0 Å². The zero-order valence-corrected chi connectivity index (χ0v) is 18.0. The van der Waals surface area contributed by atoms with Crippen LogP contribution in [0.5, 0.6) is 0 Å². The highest BCUT2D eigenvalue weighted by Gasteiger charge is 2.23. The van der Waals surface area contributed by atoms with Crippen molar-refractivity contribution < 1.29 is 0 Å². The molecule has 1 saturated heterocycles. The Bertz CT molecular complexity index is 1100. The van der Waals surface area contributed by atoms with Gasteiger partial charge in [-0.2, -0.15) is 0 Å².